The molecule has 0 aliphatic carbocycles. The Labute approximate surface area is 117 Å². The fourth-order valence-electron chi connectivity index (χ4n) is 1.38. The van der Waals surface area contributed by atoms with Crippen molar-refractivity contribution in [3.05, 3.63) is 42.0 Å². The molecule has 110 valence electrons. The smallest absolute Gasteiger partial charge is 0.333 e. The maximum Gasteiger partial charge on any atom is 0.333 e. The second kappa shape index (κ2) is 8.31. The van der Waals surface area contributed by atoms with Crippen molar-refractivity contribution >= 4 is 11.7 Å². The van der Waals surface area contributed by atoms with Crippen LogP contribution in [0.3, 0.4) is 0 Å². The number of carbonyl (C=O) groups excluding carboxylic acids is 1. The molecule has 0 amide bonds. The van der Waals surface area contributed by atoms with Gasteiger partial charge in [-0.1, -0.05) is 18.7 Å². The number of esters is 1. The first-order chi connectivity index (χ1) is 9.52. The van der Waals surface area contributed by atoms with Gasteiger partial charge >= 0.3 is 5.97 Å². The average molecular weight is 281 g/mol. The molecule has 1 rings (SSSR count). The maximum absolute atomic E-state index is 11.1. The van der Waals surface area contributed by atoms with Gasteiger partial charge in [0.15, 0.2) is 0 Å². The van der Waals surface area contributed by atoms with Gasteiger partial charge in [-0.15, -0.1) is 0 Å². The van der Waals surface area contributed by atoms with Gasteiger partial charge in [0.1, 0.15) is 19.3 Å². The third-order valence-electron chi connectivity index (χ3n) is 2.48. The summed E-state index contributed by atoms with van der Waals surface area (Å²) in [6, 6.07) is 7.15. The van der Waals surface area contributed by atoms with Gasteiger partial charge in [0.05, 0.1) is 0 Å². The van der Waals surface area contributed by atoms with Crippen LogP contribution in [0.15, 0.2) is 36.4 Å². The van der Waals surface area contributed by atoms with E-state index in [4.69, 9.17) is 9.99 Å². The number of hydrogen-bond acceptors (Lipinski definition) is 6. The Kier molecular flexibility index (Phi) is 6.72. The summed E-state index contributed by atoms with van der Waals surface area (Å²) >= 11 is 0. The quantitative estimate of drug-likeness (QED) is 0.290. The Morgan fingerprint density at radius 3 is 2.60 bits per heavy atom. The van der Waals surface area contributed by atoms with Crippen molar-refractivity contribution in [3.63, 3.8) is 0 Å². The van der Waals surface area contributed by atoms with Crippen LogP contribution in [0.2, 0.25) is 0 Å². The van der Waals surface area contributed by atoms with E-state index in [1.807, 2.05) is 0 Å². The number of hydrogen-bond donors (Lipinski definition) is 3. The van der Waals surface area contributed by atoms with Gasteiger partial charge in [-0.2, -0.15) is 0 Å². The lowest BCUT2D eigenvalue weighted by Gasteiger charge is -2.13. The van der Waals surface area contributed by atoms with Crippen LogP contribution in [0.1, 0.15) is 12.5 Å². The molecule has 0 radical (unpaired) electrons. The summed E-state index contributed by atoms with van der Waals surface area (Å²) in [4.78, 5) is 15.2. The van der Waals surface area contributed by atoms with Crippen LogP contribution >= 0.6 is 0 Å². The Morgan fingerprint density at radius 2 is 2.05 bits per heavy atom. The highest BCUT2D eigenvalue weighted by molar-refractivity contribution is 5.86. The molecule has 0 saturated heterocycles. The number of nitrogens with one attached hydrogen (secondary N) is 1. The largest absolute Gasteiger partial charge is 0.460 e. The molecule has 0 aliphatic rings. The molecular formula is C14H19NO5. The van der Waals surface area contributed by atoms with E-state index in [2.05, 4.69) is 16.8 Å². The maximum atomic E-state index is 11.1. The van der Waals surface area contributed by atoms with E-state index in [0.29, 0.717) is 5.57 Å². The molecule has 0 aromatic heterocycles. The zero-order chi connectivity index (χ0) is 15.0. The lowest BCUT2D eigenvalue weighted by molar-refractivity contribution is -0.253. The van der Waals surface area contributed by atoms with Crippen molar-refractivity contribution in [2.75, 3.05) is 18.5 Å². The third kappa shape index (κ3) is 5.83. The van der Waals surface area contributed by atoms with Crippen molar-refractivity contribution in [1.82, 2.24) is 0 Å². The fourth-order valence-corrected chi connectivity index (χ4v) is 1.38. The second-order valence-corrected chi connectivity index (χ2v) is 4.38. The lowest BCUT2D eigenvalue weighted by atomic mass is 10.2. The zero-order valence-corrected chi connectivity index (χ0v) is 11.3. The number of anilines is 1. The van der Waals surface area contributed by atoms with Gasteiger partial charge in [-0.3, -0.25) is 5.26 Å². The monoisotopic (exact) mass is 281 g/mol. The summed E-state index contributed by atoms with van der Waals surface area (Å²) in [7, 11) is 0. The number of aliphatic hydroxyl groups excluding tert-OH is 1. The van der Waals surface area contributed by atoms with E-state index in [9.17, 15) is 9.90 Å². The van der Waals surface area contributed by atoms with Crippen molar-refractivity contribution in [2.45, 2.75) is 19.6 Å². The van der Waals surface area contributed by atoms with E-state index in [0.717, 1.165) is 11.3 Å². The fraction of sp³-hybridized carbons (Fsp3) is 0.357. The first-order valence-corrected chi connectivity index (χ1v) is 6.12. The van der Waals surface area contributed by atoms with Gasteiger partial charge < -0.3 is 15.2 Å². The summed E-state index contributed by atoms with van der Waals surface area (Å²) in [5, 5.41) is 21.0. The Balaban J connectivity index is 2.31. The van der Waals surface area contributed by atoms with E-state index in [1.54, 1.807) is 31.2 Å². The van der Waals surface area contributed by atoms with Crippen LogP contribution in [0, 0.1) is 0 Å². The van der Waals surface area contributed by atoms with E-state index >= 15 is 0 Å². The van der Waals surface area contributed by atoms with E-state index in [1.165, 1.54) is 0 Å². The first-order valence-electron chi connectivity index (χ1n) is 6.12. The van der Waals surface area contributed by atoms with Crippen LogP contribution in [-0.4, -0.2) is 35.6 Å². The van der Waals surface area contributed by atoms with Crippen molar-refractivity contribution in [3.8, 4) is 0 Å². The normalized spacial score (nSPS) is 11.8. The minimum atomic E-state index is -0.807. The predicted molar refractivity (Wildman–Crippen MR) is 74.1 cm³/mol. The first kappa shape index (κ1) is 16.2. The number of aliphatic hydroxyl groups is 1. The Morgan fingerprint density at radius 1 is 1.40 bits per heavy atom. The highest BCUT2D eigenvalue weighted by Gasteiger charge is 2.09. The van der Waals surface area contributed by atoms with Gasteiger partial charge in [-0.25, -0.2) is 9.68 Å². The van der Waals surface area contributed by atoms with Gasteiger partial charge in [0, 0.05) is 17.8 Å². The topological polar surface area (TPSA) is 88.0 Å². The molecule has 0 aliphatic heterocycles. The van der Waals surface area contributed by atoms with Gasteiger partial charge in [0.2, 0.25) is 0 Å². The molecule has 0 spiro atoms. The van der Waals surface area contributed by atoms with E-state index in [-0.39, 0.29) is 19.8 Å². The lowest BCUT2D eigenvalue weighted by Crippen LogP contribution is -2.26. The molecule has 1 unspecified atom stereocenters. The highest BCUT2D eigenvalue weighted by Crippen LogP contribution is 2.10. The number of ether oxygens (including phenoxy) is 1. The minimum absolute atomic E-state index is 0.0882. The molecule has 20 heavy (non-hydrogen) atoms. The third-order valence-corrected chi connectivity index (χ3v) is 2.48. The summed E-state index contributed by atoms with van der Waals surface area (Å²) in [5.41, 5.74) is 1.93. The number of benzene rings is 1. The minimum Gasteiger partial charge on any atom is -0.460 e. The predicted octanol–water partition coefficient (Wildman–Crippen LogP) is 1.57. The van der Waals surface area contributed by atoms with Crippen LogP contribution in [0.4, 0.5) is 5.69 Å². The average Bonchev–Trinajstić information content (AvgIpc) is 2.44. The molecular weight excluding hydrogens is 262 g/mol. The van der Waals surface area contributed by atoms with Crippen molar-refractivity contribution < 1.29 is 24.8 Å². The Bertz CT molecular complexity index is 443. The van der Waals surface area contributed by atoms with Crippen molar-refractivity contribution in [1.29, 1.82) is 0 Å². The zero-order valence-electron chi connectivity index (χ0n) is 11.3. The highest BCUT2D eigenvalue weighted by atomic mass is 17.1. The summed E-state index contributed by atoms with van der Waals surface area (Å²) in [6.07, 6.45) is -0.807. The molecule has 1 aromatic rings. The van der Waals surface area contributed by atoms with Crippen LogP contribution in [-0.2, 0) is 21.0 Å². The molecule has 6 heteroatoms. The number of rotatable bonds is 8. The van der Waals surface area contributed by atoms with E-state index < -0.39 is 12.1 Å². The Hall–Kier alpha value is -1.89. The summed E-state index contributed by atoms with van der Waals surface area (Å²) in [5.74, 6) is -0.516. The molecule has 1 aromatic carbocycles. The van der Waals surface area contributed by atoms with Crippen LogP contribution in [0.25, 0.3) is 0 Å². The molecule has 0 bridgehead atoms. The summed E-state index contributed by atoms with van der Waals surface area (Å²) < 4.78 is 4.83. The van der Waals surface area contributed by atoms with Crippen LogP contribution in [0.5, 0.6) is 0 Å². The van der Waals surface area contributed by atoms with Gasteiger partial charge in [0.25, 0.3) is 0 Å². The standard InChI is InChI=1S/C14H19NO5/c1-10(2)14(17)19-9-13(16)7-15-12-5-3-11(4-6-12)8-20-18/h3-6,13,15-16,18H,1,7-9H2,2H3. The molecule has 6 nitrogen and oxygen atoms in total. The SMILES string of the molecule is C=C(C)C(=O)OCC(O)CNc1ccc(COO)cc1. The molecule has 1 atom stereocenters. The second-order valence-electron chi connectivity index (χ2n) is 4.38. The van der Waals surface area contributed by atoms with Crippen LogP contribution < -0.4 is 5.32 Å². The molecule has 0 fully saturated rings. The molecule has 0 heterocycles. The molecule has 0 saturated carbocycles. The van der Waals surface area contributed by atoms with Crippen molar-refractivity contribution in [2.24, 2.45) is 0 Å². The summed E-state index contributed by atoms with van der Waals surface area (Å²) in [6.45, 7) is 5.28. The number of carbonyl (C=O) groups is 1. The molecule has 3 N–H and O–H groups in total. The van der Waals surface area contributed by atoms with Gasteiger partial charge in [-0.05, 0) is 24.6 Å².